The highest BCUT2D eigenvalue weighted by molar-refractivity contribution is 6.36. The van der Waals surface area contributed by atoms with Crippen molar-refractivity contribution >= 4 is 40.9 Å². The average Bonchev–Trinajstić information content (AvgIpc) is 3.52. The maximum atomic E-state index is 13.8. The molecule has 0 aromatic heterocycles. The Hall–Kier alpha value is -2.41. The molecular weight excluding hydrogens is 511 g/mol. The van der Waals surface area contributed by atoms with Crippen molar-refractivity contribution in [3.05, 3.63) is 70.8 Å². The highest BCUT2D eigenvalue weighted by atomic mass is 35.5. The van der Waals surface area contributed by atoms with Crippen LogP contribution in [0, 0.1) is 11.8 Å². The van der Waals surface area contributed by atoms with Gasteiger partial charge in [0.2, 0.25) is 17.7 Å². The van der Waals surface area contributed by atoms with Crippen molar-refractivity contribution in [2.75, 3.05) is 19.7 Å². The molecule has 0 unspecified atom stereocenters. The second-order valence-corrected chi connectivity index (χ2v) is 11.7. The number of unbranched alkanes of at least 4 members (excludes halogenated alkanes) is 2. The second kappa shape index (κ2) is 9.40. The monoisotopic (exact) mass is 540 g/mol. The first kappa shape index (κ1) is 24.9. The van der Waals surface area contributed by atoms with Crippen LogP contribution >= 0.6 is 23.2 Å². The fourth-order valence-corrected chi connectivity index (χ4v) is 7.90. The first-order valence-corrected chi connectivity index (χ1v) is 14.0. The van der Waals surface area contributed by atoms with Crippen molar-refractivity contribution in [3.63, 3.8) is 0 Å². The number of likely N-dealkylation sites (tertiary alicyclic amines) is 1. The minimum absolute atomic E-state index is 0.00936. The Kier molecular flexibility index (Phi) is 6.33. The van der Waals surface area contributed by atoms with Crippen molar-refractivity contribution in [2.24, 2.45) is 11.8 Å². The highest BCUT2D eigenvalue weighted by Crippen LogP contribution is 2.69. The molecule has 0 spiro atoms. The molecule has 8 heteroatoms. The molecular formula is C29H30Cl2N2O4. The smallest absolute Gasteiger partial charge is 0.235 e. The summed E-state index contributed by atoms with van der Waals surface area (Å²) in [5.41, 5.74) is 3.24. The van der Waals surface area contributed by atoms with Gasteiger partial charge < -0.3 is 10.1 Å². The summed E-state index contributed by atoms with van der Waals surface area (Å²) >= 11 is 14.9. The Bertz CT molecular complexity index is 1140. The van der Waals surface area contributed by atoms with Gasteiger partial charge in [0.15, 0.2) is 0 Å². The van der Waals surface area contributed by atoms with Gasteiger partial charge in [0.05, 0.1) is 17.9 Å². The van der Waals surface area contributed by atoms with Crippen molar-refractivity contribution in [3.8, 4) is 0 Å². The Balaban J connectivity index is 1.15. The van der Waals surface area contributed by atoms with Gasteiger partial charge in [-0.3, -0.25) is 19.3 Å². The number of amides is 3. The number of hydrogen-bond donors (Lipinski definition) is 1. The third kappa shape index (κ3) is 3.67. The summed E-state index contributed by atoms with van der Waals surface area (Å²) in [7, 11) is 0. The van der Waals surface area contributed by atoms with E-state index in [1.54, 1.807) is 0 Å². The number of hydrogen-bond acceptors (Lipinski definition) is 4. The van der Waals surface area contributed by atoms with E-state index in [9.17, 15) is 14.4 Å². The number of alkyl halides is 2. The van der Waals surface area contributed by atoms with Gasteiger partial charge in [0.25, 0.3) is 0 Å². The summed E-state index contributed by atoms with van der Waals surface area (Å²) in [4.78, 5) is 38.8. The fourth-order valence-electron chi connectivity index (χ4n) is 6.80. The lowest BCUT2D eigenvalue weighted by Crippen LogP contribution is -2.57. The normalized spacial score (nSPS) is 31.3. The first-order valence-electron chi connectivity index (χ1n) is 13.2. The number of ether oxygens (including phenoxy) is 1. The number of carbonyl (C=O) groups excluding carboxylic acids is 3. The van der Waals surface area contributed by atoms with Gasteiger partial charge in [-0.15, -0.1) is 23.2 Å². The molecule has 194 valence electrons. The van der Waals surface area contributed by atoms with E-state index in [1.807, 2.05) is 48.5 Å². The van der Waals surface area contributed by atoms with Crippen molar-refractivity contribution in [1.82, 2.24) is 10.2 Å². The molecule has 0 saturated carbocycles. The summed E-state index contributed by atoms with van der Waals surface area (Å²) in [6.07, 6.45) is 4.63. The number of benzene rings is 2. The molecule has 5 aliphatic rings. The Morgan fingerprint density at radius 1 is 0.892 bits per heavy atom. The Morgan fingerprint density at radius 2 is 1.43 bits per heavy atom. The molecule has 37 heavy (non-hydrogen) atoms. The third-order valence-corrected chi connectivity index (χ3v) is 9.80. The van der Waals surface area contributed by atoms with Crippen LogP contribution in [0.4, 0.5) is 0 Å². The van der Waals surface area contributed by atoms with E-state index in [0.29, 0.717) is 32.4 Å². The van der Waals surface area contributed by atoms with Gasteiger partial charge in [-0.2, -0.15) is 0 Å². The van der Waals surface area contributed by atoms with E-state index in [0.717, 1.165) is 48.1 Å². The predicted octanol–water partition coefficient (Wildman–Crippen LogP) is 4.44. The topological polar surface area (TPSA) is 75.7 Å². The molecule has 1 N–H and O–H groups in total. The van der Waals surface area contributed by atoms with Gasteiger partial charge in [-0.25, -0.2) is 0 Å². The van der Waals surface area contributed by atoms with Crippen LogP contribution in [-0.4, -0.2) is 48.4 Å². The van der Waals surface area contributed by atoms with Crippen molar-refractivity contribution in [2.45, 2.75) is 54.4 Å². The Labute approximate surface area is 226 Å². The van der Waals surface area contributed by atoms with E-state index in [2.05, 4.69) is 5.32 Å². The number of halogens is 2. The van der Waals surface area contributed by atoms with Crippen LogP contribution in [0.2, 0.25) is 0 Å². The standard InChI is InChI=1S/C29H30Cl2N2O4/c30-28-19-10-3-4-11-20(19)29(31,22-13-6-5-12-21(22)28)25-24(28)26(35)33(27(25)36)15-7-1-2-14-23(34)32-17-18-9-8-16-37-18/h3-6,10-13,18,24-25H,1-2,7-9,14-17H2,(H,32,34)/t18-,24+,25+,28?,29?/m1/s1. The molecule has 3 amide bonds. The van der Waals surface area contributed by atoms with E-state index < -0.39 is 21.6 Å². The van der Waals surface area contributed by atoms with Gasteiger partial charge in [-0.1, -0.05) is 55.0 Å². The number of nitrogens with one attached hydrogen (secondary N) is 1. The van der Waals surface area contributed by atoms with Crippen LogP contribution in [0.5, 0.6) is 0 Å². The van der Waals surface area contributed by atoms with E-state index >= 15 is 0 Å². The molecule has 2 bridgehead atoms. The van der Waals surface area contributed by atoms with Crippen LogP contribution in [0.25, 0.3) is 0 Å². The van der Waals surface area contributed by atoms with Crippen LogP contribution in [0.15, 0.2) is 48.5 Å². The van der Waals surface area contributed by atoms with Crippen LogP contribution in [-0.2, 0) is 28.9 Å². The molecule has 2 aromatic rings. The molecule has 2 aromatic carbocycles. The quantitative estimate of drug-likeness (QED) is 0.305. The molecule has 6 nitrogen and oxygen atoms in total. The van der Waals surface area contributed by atoms with Crippen LogP contribution in [0.3, 0.4) is 0 Å². The summed E-state index contributed by atoms with van der Waals surface area (Å²) in [6, 6.07) is 15.3. The summed E-state index contributed by atoms with van der Waals surface area (Å²) in [5, 5.41) is 2.93. The zero-order valence-electron chi connectivity index (χ0n) is 20.6. The number of nitrogens with zero attached hydrogens (tertiary/aromatic N) is 1. The minimum atomic E-state index is -1.14. The fraction of sp³-hybridized carbons (Fsp3) is 0.483. The highest BCUT2D eigenvalue weighted by Gasteiger charge is 2.72. The summed E-state index contributed by atoms with van der Waals surface area (Å²) in [6.45, 7) is 1.63. The molecule has 2 aliphatic heterocycles. The second-order valence-electron chi connectivity index (χ2n) is 10.5. The number of rotatable bonds is 8. The van der Waals surface area contributed by atoms with Gasteiger partial charge >= 0.3 is 0 Å². The summed E-state index contributed by atoms with van der Waals surface area (Å²) < 4.78 is 5.54. The van der Waals surface area contributed by atoms with Crippen molar-refractivity contribution in [1.29, 1.82) is 0 Å². The van der Waals surface area contributed by atoms with E-state index in [-0.39, 0.29) is 23.8 Å². The molecule has 2 fully saturated rings. The first-order chi connectivity index (χ1) is 17.9. The molecule has 3 aliphatic carbocycles. The molecule has 2 saturated heterocycles. The maximum absolute atomic E-state index is 13.8. The Morgan fingerprint density at radius 3 is 1.92 bits per heavy atom. The molecule has 3 atom stereocenters. The van der Waals surface area contributed by atoms with Crippen LogP contribution < -0.4 is 5.32 Å². The molecule has 2 heterocycles. The number of imide groups is 1. The minimum Gasteiger partial charge on any atom is -0.376 e. The van der Waals surface area contributed by atoms with Crippen LogP contribution in [0.1, 0.15) is 60.8 Å². The average molecular weight is 541 g/mol. The molecule has 0 radical (unpaired) electrons. The predicted molar refractivity (Wildman–Crippen MR) is 140 cm³/mol. The zero-order valence-corrected chi connectivity index (χ0v) is 22.1. The maximum Gasteiger partial charge on any atom is 0.235 e. The zero-order chi connectivity index (χ0) is 25.8. The number of carbonyl (C=O) groups is 3. The lowest BCUT2D eigenvalue weighted by molar-refractivity contribution is -0.140. The lowest BCUT2D eigenvalue weighted by Gasteiger charge is -2.54. The van der Waals surface area contributed by atoms with E-state index in [4.69, 9.17) is 27.9 Å². The summed E-state index contributed by atoms with van der Waals surface area (Å²) in [5.74, 6) is -2.02. The van der Waals surface area contributed by atoms with Gasteiger partial charge in [-0.05, 0) is 47.9 Å². The lowest BCUT2D eigenvalue weighted by atomic mass is 9.54. The van der Waals surface area contributed by atoms with Crippen molar-refractivity contribution < 1.29 is 19.1 Å². The third-order valence-electron chi connectivity index (χ3n) is 8.51. The van der Waals surface area contributed by atoms with Gasteiger partial charge in [0, 0.05) is 26.1 Å². The van der Waals surface area contributed by atoms with Gasteiger partial charge in [0.1, 0.15) is 9.75 Å². The SMILES string of the molecule is O=C(CCCCCN1C(=O)[C@@H]2[C@@H](C1=O)C1(Cl)c3ccccc3C2(Cl)c2ccccc21)NC[C@H]1CCCO1. The largest absolute Gasteiger partial charge is 0.376 e. The van der Waals surface area contributed by atoms with E-state index in [1.165, 1.54) is 4.90 Å². The molecule has 7 rings (SSSR count).